The lowest BCUT2D eigenvalue weighted by Crippen LogP contribution is -2.22. The van der Waals surface area contributed by atoms with Crippen LogP contribution in [0.25, 0.3) is 11.1 Å². The van der Waals surface area contributed by atoms with Crippen LogP contribution in [0.4, 0.5) is 5.69 Å². The van der Waals surface area contributed by atoms with Crippen LogP contribution < -0.4 is 5.32 Å². The molecule has 1 heterocycles. The quantitative estimate of drug-likeness (QED) is 0.716. The van der Waals surface area contributed by atoms with Crippen molar-refractivity contribution in [1.82, 2.24) is 14.7 Å². The number of anilines is 1. The molecule has 0 bridgehead atoms. The van der Waals surface area contributed by atoms with E-state index in [9.17, 15) is 9.59 Å². The number of halogens is 1. The van der Waals surface area contributed by atoms with E-state index in [4.69, 9.17) is 11.6 Å². The number of nitrogens with one attached hydrogen (secondary N) is 1. The van der Waals surface area contributed by atoms with Crippen molar-refractivity contribution in [1.29, 1.82) is 0 Å². The summed E-state index contributed by atoms with van der Waals surface area (Å²) in [7, 11) is 5.20. The van der Waals surface area contributed by atoms with Crippen molar-refractivity contribution in [2.45, 2.75) is 6.42 Å². The monoisotopic (exact) mass is 396 g/mol. The molecule has 0 unspecified atom stereocenters. The Morgan fingerprint density at radius 2 is 1.89 bits per heavy atom. The zero-order valence-electron chi connectivity index (χ0n) is 15.9. The van der Waals surface area contributed by atoms with E-state index in [2.05, 4.69) is 10.4 Å². The summed E-state index contributed by atoms with van der Waals surface area (Å²) in [5, 5.41) is 7.60. The van der Waals surface area contributed by atoms with E-state index in [1.807, 2.05) is 37.5 Å². The lowest BCUT2D eigenvalue weighted by molar-refractivity contribution is -0.115. The largest absolute Gasteiger partial charge is 0.345 e. The zero-order chi connectivity index (χ0) is 20.3. The Hall–Kier alpha value is -3.12. The van der Waals surface area contributed by atoms with Gasteiger partial charge in [0.2, 0.25) is 5.91 Å². The molecule has 6 nitrogen and oxygen atoms in total. The van der Waals surface area contributed by atoms with Crippen molar-refractivity contribution in [3.63, 3.8) is 0 Å². The van der Waals surface area contributed by atoms with E-state index in [1.165, 1.54) is 4.90 Å². The Kier molecular flexibility index (Phi) is 5.80. The number of carbonyl (C=O) groups excluding carboxylic acids is 2. The fraction of sp³-hybridized carbons (Fsp3) is 0.190. The smallest absolute Gasteiger partial charge is 0.253 e. The molecule has 1 aromatic heterocycles. The van der Waals surface area contributed by atoms with Crippen molar-refractivity contribution in [3.8, 4) is 11.1 Å². The third-order valence-corrected chi connectivity index (χ3v) is 4.59. The molecule has 0 saturated carbocycles. The van der Waals surface area contributed by atoms with Gasteiger partial charge in [0, 0.05) is 49.2 Å². The zero-order valence-corrected chi connectivity index (χ0v) is 16.7. The summed E-state index contributed by atoms with van der Waals surface area (Å²) in [6, 6.07) is 12.5. The second-order valence-electron chi connectivity index (χ2n) is 6.72. The molecule has 0 aliphatic heterocycles. The third-order valence-electron chi connectivity index (χ3n) is 4.22. The Morgan fingerprint density at radius 1 is 1.14 bits per heavy atom. The molecule has 0 aliphatic rings. The standard InChI is InChI=1S/C21H21ClN4O2/c1-25(2)21(28)16-8-15(17-12-23-26(3)13-17)9-18(10-16)24-20(27)11-14-6-4-5-7-19(14)22/h4-10,12-13H,11H2,1-3H3,(H,24,27). The maximum Gasteiger partial charge on any atom is 0.253 e. The Bertz CT molecular complexity index is 1030. The van der Waals surface area contributed by atoms with Crippen LogP contribution >= 0.6 is 11.6 Å². The normalized spacial score (nSPS) is 10.6. The summed E-state index contributed by atoms with van der Waals surface area (Å²) in [6.45, 7) is 0. The van der Waals surface area contributed by atoms with Gasteiger partial charge in [-0.3, -0.25) is 14.3 Å². The third kappa shape index (κ3) is 4.58. The number of aromatic nitrogens is 2. The van der Waals surface area contributed by atoms with Gasteiger partial charge in [0.05, 0.1) is 12.6 Å². The highest BCUT2D eigenvalue weighted by molar-refractivity contribution is 6.31. The van der Waals surface area contributed by atoms with Crippen LogP contribution in [0, 0.1) is 0 Å². The summed E-state index contributed by atoms with van der Waals surface area (Å²) in [5.74, 6) is -0.355. The van der Waals surface area contributed by atoms with Crippen LogP contribution in [0.1, 0.15) is 15.9 Å². The molecular formula is C21H21ClN4O2. The molecule has 1 N–H and O–H groups in total. The molecule has 2 aromatic carbocycles. The number of rotatable bonds is 5. The van der Waals surface area contributed by atoms with Gasteiger partial charge in [0.25, 0.3) is 5.91 Å². The molecule has 0 spiro atoms. The first-order valence-corrected chi connectivity index (χ1v) is 9.10. The van der Waals surface area contributed by atoms with E-state index in [1.54, 1.807) is 43.2 Å². The molecule has 144 valence electrons. The van der Waals surface area contributed by atoms with Crippen LogP contribution in [0.2, 0.25) is 5.02 Å². The molecule has 3 rings (SSSR count). The van der Waals surface area contributed by atoms with Gasteiger partial charge < -0.3 is 10.2 Å². The lowest BCUT2D eigenvalue weighted by atomic mass is 10.0. The van der Waals surface area contributed by atoms with E-state index in [0.29, 0.717) is 16.3 Å². The predicted molar refractivity (Wildman–Crippen MR) is 110 cm³/mol. The van der Waals surface area contributed by atoms with Crippen LogP contribution in [0.5, 0.6) is 0 Å². The van der Waals surface area contributed by atoms with Gasteiger partial charge >= 0.3 is 0 Å². The van der Waals surface area contributed by atoms with E-state index >= 15 is 0 Å². The molecule has 0 saturated heterocycles. The van der Waals surface area contributed by atoms with Gasteiger partial charge in [-0.1, -0.05) is 29.8 Å². The highest BCUT2D eigenvalue weighted by atomic mass is 35.5. The van der Waals surface area contributed by atoms with E-state index < -0.39 is 0 Å². The molecule has 0 radical (unpaired) electrons. The Labute approximate surface area is 168 Å². The van der Waals surface area contributed by atoms with Gasteiger partial charge in [-0.05, 0) is 35.4 Å². The number of nitrogens with zero attached hydrogens (tertiary/aromatic N) is 3. The fourth-order valence-corrected chi connectivity index (χ4v) is 3.04. The number of aryl methyl sites for hydroxylation is 1. The molecule has 2 amide bonds. The molecule has 28 heavy (non-hydrogen) atoms. The van der Waals surface area contributed by atoms with Crippen LogP contribution in [-0.2, 0) is 18.3 Å². The fourth-order valence-electron chi connectivity index (χ4n) is 2.84. The summed E-state index contributed by atoms with van der Waals surface area (Å²) >= 11 is 6.14. The Balaban J connectivity index is 1.90. The molecule has 7 heteroatoms. The van der Waals surface area contributed by atoms with E-state index in [0.717, 1.165) is 16.7 Å². The minimum absolute atomic E-state index is 0.146. The molecule has 3 aromatic rings. The number of amides is 2. The molecular weight excluding hydrogens is 376 g/mol. The first-order valence-electron chi connectivity index (χ1n) is 8.72. The average Bonchev–Trinajstić information content (AvgIpc) is 3.09. The van der Waals surface area contributed by atoms with Crippen molar-refractivity contribution >= 4 is 29.1 Å². The summed E-state index contributed by atoms with van der Waals surface area (Å²) in [5.41, 5.74) is 3.43. The van der Waals surface area contributed by atoms with Crippen LogP contribution in [0.3, 0.4) is 0 Å². The van der Waals surface area contributed by atoms with Crippen LogP contribution in [0.15, 0.2) is 54.9 Å². The average molecular weight is 397 g/mol. The first-order chi connectivity index (χ1) is 13.3. The van der Waals surface area contributed by atoms with Gasteiger partial charge in [0.15, 0.2) is 0 Å². The number of benzene rings is 2. The predicted octanol–water partition coefficient (Wildman–Crippen LogP) is 3.62. The minimum Gasteiger partial charge on any atom is -0.345 e. The maximum atomic E-state index is 12.5. The molecule has 0 fully saturated rings. The van der Waals surface area contributed by atoms with Gasteiger partial charge in [-0.2, -0.15) is 5.10 Å². The summed E-state index contributed by atoms with van der Waals surface area (Å²) in [4.78, 5) is 26.5. The number of carbonyl (C=O) groups is 2. The van der Waals surface area contributed by atoms with Crippen molar-refractivity contribution in [2.24, 2.45) is 7.05 Å². The summed E-state index contributed by atoms with van der Waals surface area (Å²) in [6.07, 6.45) is 3.72. The highest BCUT2D eigenvalue weighted by Gasteiger charge is 2.14. The molecule has 0 aliphatic carbocycles. The van der Waals surface area contributed by atoms with E-state index in [-0.39, 0.29) is 18.2 Å². The van der Waals surface area contributed by atoms with Crippen molar-refractivity contribution in [2.75, 3.05) is 19.4 Å². The summed E-state index contributed by atoms with van der Waals surface area (Å²) < 4.78 is 1.69. The maximum absolute atomic E-state index is 12.5. The highest BCUT2D eigenvalue weighted by Crippen LogP contribution is 2.26. The second kappa shape index (κ2) is 8.27. The van der Waals surface area contributed by atoms with Gasteiger partial charge in [-0.25, -0.2) is 0 Å². The van der Waals surface area contributed by atoms with Gasteiger partial charge in [0.1, 0.15) is 0 Å². The van der Waals surface area contributed by atoms with Gasteiger partial charge in [-0.15, -0.1) is 0 Å². The topological polar surface area (TPSA) is 67.2 Å². The number of hydrogen-bond donors (Lipinski definition) is 1. The SMILES string of the molecule is CN(C)C(=O)c1cc(NC(=O)Cc2ccccc2Cl)cc(-c2cnn(C)c2)c1. The van der Waals surface area contributed by atoms with Crippen molar-refractivity contribution in [3.05, 3.63) is 71.0 Å². The lowest BCUT2D eigenvalue weighted by Gasteiger charge is -2.14. The van der Waals surface area contributed by atoms with Crippen LogP contribution in [-0.4, -0.2) is 40.6 Å². The Morgan fingerprint density at radius 3 is 2.54 bits per heavy atom. The van der Waals surface area contributed by atoms with Crippen molar-refractivity contribution < 1.29 is 9.59 Å². The second-order valence-corrected chi connectivity index (χ2v) is 7.12. The molecule has 0 atom stereocenters. The first kappa shape index (κ1) is 19.6. The number of hydrogen-bond acceptors (Lipinski definition) is 3. The minimum atomic E-state index is -0.209.